The number of nitrogen functional groups attached to an aromatic ring is 1. The van der Waals surface area contributed by atoms with E-state index in [1.54, 1.807) is 17.7 Å². The molecular formula is C14H20N4S. The second-order valence-electron chi connectivity index (χ2n) is 4.99. The number of nitrogens with two attached hydrogens (primary N) is 1. The lowest BCUT2D eigenvalue weighted by atomic mass is 10.0. The highest BCUT2D eigenvalue weighted by molar-refractivity contribution is 7.18. The molecule has 102 valence electrons. The fourth-order valence-electron chi connectivity index (χ4n) is 2.00. The molecule has 0 spiro atoms. The molecule has 0 saturated heterocycles. The van der Waals surface area contributed by atoms with E-state index in [0.717, 1.165) is 23.1 Å². The van der Waals surface area contributed by atoms with Gasteiger partial charge in [-0.2, -0.15) is 0 Å². The van der Waals surface area contributed by atoms with Crippen LogP contribution in [0.4, 0.5) is 5.82 Å². The van der Waals surface area contributed by atoms with Crippen LogP contribution >= 0.6 is 11.3 Å². The summed E-state index contributed by atoms with van der Waals surface area (Å²) in [6.07, 6.45) is 6.10. The summed E-state index contributed by atoms with van der Waals surface area (Å²) in [6.45, 7) is 6.53. The molecule has 19 heavy (non-hydrogen) atoms. The third-order valence-corrected chi connectivity index (χ3v) is 4.40. The highest BCUT2D eigenvalue weighted by Crippen LogP contribution is 2.34. The molecule has 1 atom stereocenters. The number of anilines is 1. The average molecular weight is 276 g/mol. The van der Waals surface area contributed by atoms with Crippen LogP contribution in [-0.2, 0) is 0 Å². The molecule has 2 aromatic heterocycles. The van der Waals surface area contributed by atoms with Crippen molar-refractivity contribution < 1.29 is 0 Å². The van der Waals surface area contributed by atoms with E-state index in [1.165, 1.54) is 10.5 Å². The summed E-state index contributed by atoms with van der Waals surface area (Å²) >= 11 is 1.73. The van der Waals surface area contributed by atoms with E-state index in [2.05, 4.69) is 48.3 Å². The maximum Gasteiger partial charge on any atom is 0.152 e. The molecule has 0 aliphatic heterocycles. The number of hydrazine groups is 1. The first-order valence-electron chi connectivity index (χ1n) is 6.46. The van der Waals surface area contributed by atoms with E-state index in [4.69, 9.17) is 5.84 Å². The normalized spacial score (nSPS) is 12.4. The Labute approximate surface area is 117 Å². The number of aromatic nitrogens is 2. The third kappa shape index (κ3) is 3.30. The molecule has 4 nitrogen and oxygen atoms in total. The van der Waals surface area contributed by atoms with Crippen molar-refractivity contribution in [2.75, 3.05) is 5.43 Å². The summed E-state index contributed by atoms with van der Waals surface area (Å²) in [4.78, 5) is 10.8. The zero-order valence-electron chi connectivity index (χ0n) is 11.6. The van der Waals surface area contributed by atoms with Gasteiger partial charge >= 0.3 is 0 Å². The van der Waals surface area contributed by atoms with Gasteiger partial charge in [0.15, 0.2) is 5.82 Å². The van der Waals surface area contributed by atoms with Gasteiger partial charge in [0.1, 0.15) is 11.2 Å². The van der Waals surface area contributed by atoms with Gasteiger partial charge in [0, 0.05) is 4.88 Å². The smallest absolute Gasteiger partial charge is 0.152 e. The van der Waals surface area contributed by atoms with Crippen LogP contribution in [0.3, 0.4) is 0 Å². The van der Waals surface area contributed by atoms with E-state index in [0.29, 0.717) is 11.7 Å². The molecule has 2 rings (SSSR count). The Bertz CT molecular complexity index is 584. The van der Waals surface area contributed by atoms with E-state index < -0.39 is 0 Å². The highest BCUT2D eigenvalue weighted by atomic mass is 32.1. The molecule has 1 unspecified atom stereocenters. The van der Waals surface area contributed by atoms with E-state index in [1.807, 2.05) is 0 Å². The minimum Gasteiger partial charge on any atom is -0.308 e. The summed E-state index contributed by atoms with van der Waals surface area (Å²) in [7, 11) is 0. The molecule has 0 amide bonds. The molecule has 0 radical (unpaired) electrons. The second-order valence-corrected chi connectivity index (χ2v) is 6.06. The highest BCUT2D eigenvalue weighted by Gasteiger charge is 2.12. The first-order chi connectivity index (χ1) is 9.11. The largest absolute Gasteiger partial charge is 0.308 e. The van der Waals surface area contributed by atoms with Crippen molar-refractivity contribution in [2.24, 2.45) is 5.84 Å². The SMILES string of the molecule is CC(C)=CCCC(C)c1cc2c(NN)ncnc2s1. The third-order valence-electron chi connectivity index (χ3n) is 3.12. The van der Waals surface area contributed by atoms with Gasteiger partial charge in [-0.05, 0) is 38.7 Å². The van der Waals surface area contributed by atoms with Crippen LogP contribution in [0.15, 0.2) is 24.0 Å². The minimum atomic E-state index is 0.528. The molecule has 3 N–H and O–H groups in total. The number of fused-ring (bicyclic) bond motifs is 1. The first-order valence-corrected chi connectivity index (χ1v) is 7.28. The zero-order chi connectivity index (χ0) is 13.8. The van der Waals surface area contributed by atoms with Crippen LogP contribution in [0.1, 0.15) is 44.4 Å². The molecule has 0 fully saturated rings. The lowest BCUT2D eigenvalue weighted by Crippen LogP contribution is -2.08. The van der Waals surface area contributed by atoms with E-state index in [9.17, 15) is 0 Å². The number of hydrogen-bond acceptors (Lipinski definition) is 5. The molecule has 5 heteroatoms. The van der Waals surface area contributed by atoms with Gasteiger partial charge in [-0.3, -0.25) is 0 Å². The Morgan fingerprint density at radius 1 is 1.47 bits per heavy atom. The van der Waals surface area contributed by atoms with Crippen molar-refractivity contribution in [1.29, 1.82) is 0 Å². The van der Waals surface area contributed by atoms with Gasteiger partial charge in [-0.1, -0.05) is 18.6 Å². The molecule has 0 bridgehead atoms. The summed E-state index contributed by atoms with van der Waals surface area (Å²) in [5, 5.41) is 1.01. The van der Waals surface area contributed by atoms with Crippen molar-refractivity contribution in [3.05, 3.63) is 28.9 Å². The second kappa shape index (κ2) is 6.12. The monoisotopic (exact) mass is 276 g/mol. The van der Waals surface area contributed by atoms with Crippen LogP contribution in [0.5, 0.6) is 0 Å². The first kappa shape index (κ1) is 14.0. The molecule has 2 heterocycles. The predicted molar refractivity (Wildman–Crippen MR) is 82.3 cm³/mol. The molecular weight excluding hydrogens is 256 g/mol. The lowest BCUT2D eigenvalue weighted by Gasteiger charge is -2.06. The number of rotatable bonds is 5. The van der Waals surface area contributed by atoms with Crippen molar-refractivity contribution in [2.45, 2.75) is 39.5 Å². The Balaban J connectivity index is 2.18. The molecule has 2 aromatic rings. The Morgan fingerprint density at radius 2 is 2.26 bits per heavy atom. The number of nitrogens with zero attached hydrogens (tertiary/aromatic N) is 2. The Hall–Kier alpha value is -1.46. The minimum absolute atomic E-state index is 0.528. The van der Waals surface area contributed by atoms with Crippen LogP contribution in [0, 0.1) is 0 Å². The van der Waals surface area contributed by atoms with Crippen LogP contribution in [-0.4, -0.2) is 9.97 Å². The number of allylic oxidation sites excluding steroid dienone is 2. The summed E-state index contributed by atoms with van der Waals surface area (Å²) < 4.78 is 0. The summed E-state index contributed by atoms with van der Waals surface area (Å²) in [5.41, 5.74) is 4.01. The average Bonchev–Trinajstić information content (AvgIpc) is 2.81. The van der Waals surface area contributed by atoms with Gasteiger partial charge in [0.25, 0.3) is 0 Å². The van der Waals surface area contributed by atoms with Gasteiger partial charge in [-0.15, -0.1) is 11.3 Å². The van der Waals surface area contributed by atoms with Crippen LogP contribution in [0.25, 0.3) is 10.2 Å². The topological polar surface area (TPSA) is 63.8 Å². The van der Waals surface area contributed by atoms with E-state index in [-0.39, 0.29) is 0 Å². The number of hydrogen-bond donors (Lipinski definition) is 2. The molecule has 0 aromatic carbocycles. The van der Waals surface area contributed by atoms with Crippen LogP contribution in [0.2, 0.25) is 0 Å². The fourth-order valence-corrected chi connectivity index (χ4v) is 3.08. The Kier molecular flexibility index (Phi) is 4.50. The zero-order valence-corrected chi connectivity index (χ0v) is 12.4. The van der Waals surface area contributed by atoms with Crippen molar-refractivity contribution in [1.82, 2.24) is 9.97 Å². The summed E-state index contributed by atoms with van der Waals surface area (Å²) in [6, 6.07) is 2.16. The van der Waals surface area contributed by atoms with E-state index >= 15 is 0 Å². The van der Waals surface area contributed by atoms with Gasteiger partial charge < -0.3 is 5.43 Å². The molecule has 0 aliphatic rings. The van der Waals surface area contributed by atoms with Crippen LogP contribution < -0.4 is 11.3 Å². The summed E-state index contributed by atoms with van der Waals surface area (Å²) in [5.74, 6) is 6.70. The Morgan fingerprint density at radius 3 is 2.95 bits per heavy atom. The maximum absolute atomic E-state index is 5.47. The quantitative estimate of drug-likeness (QED) is 0.495. The van der Waals surface area contributed by atoms with Gasteiger partial charge in [0.05, 0.1) is 5.39 Å². The predicted octanol–water partition coefficient (Wildman–Crippen LogP) is 3.83. The van der Waals surface area contributed by atoms with Crippen molar-refractivity contribution in [3.63, 3.8) is 0 Å². The van der Waals surface area contributed by atoms with Gasteiger partial charge in [0.2, 0.25) is 0 Å². The molecule has 0 aliphatic carbocycles. The number of thiophene rings is 1. The molecule has 0 saturated carbocycles. The fraction of sp³-hybridized carbons (Fsp3) is 0.429. The van der Waals surface area contributed by atoms with Crippen molar-refractivity contribution in [3.8, 4) is 0 Å². The maximum atomic E-state index is 5.47. The number of nitrogens with one attached hydrogen (secondary N) is 1. The lowest BCUT2D eigenvalue weighted by molar-refractivity contribution is 0.701. The standard InChI is InChI=1S/C14H20N4S/c1-9(2)5-4-6-10(3)12-7-11-13(18-15)16-8-17-14(11)19-12/h5,7-8,10H,4,6,15H2,1-3H3,(H,16,17,18). The van der Waals surface area contributed by atoms with Gasteiger partial charge in [-0.25, -0.2) is 15.8 Å². The van der Waals surface area contributed by atoms with Crippen molar-refractivity contribution >= 4 is 27.4 Å².